The Morgan fingerprint density at radius 1 is 1.43 bits per heavy atom. The zero-order valence-corrected chi connectivity index (χ0v) is 12.1. The topological polar surface area (TPSA) is 86.7 Å². The fourth-order valence-corrected chi connectivity index (χ4v) is 4.09. The predicted molar refractivity (Wildman–Crippen MR) is 77.0 cm³/mol. The fraction of sp³-hybridized carbons (Fsp3) is 0.357. The Balaban J connectivity index is 1.96. The second kappa shape index (κ2) is 4.77. The van der Waals surface area contributed by atoms with E-state index in [1.165, 1.54) is 23.6 Å². The lowest BCUT2D eigenvalue weighted by Crippen LogP contribution is -2.55. The number of rotatable bonds is 3. The highest BCUT2D eigenvalue weighted by Crippen LogP contribution is 2.55. The highest BCUT2D eigenvalue weighted by atomic mass is 32.2. The zero-order valence-electron chi connectivity index (χ0n) is 11.3. The third-order valence-electron chi connectivity index (χ3n) is 3.75. The molecule has 7 heteroatoms. The number of benzene rings is 1. The molecule has 1 aromatic rings. The van der Waals surface area contributed by atoms with Gasteiger partial charge in [0.25, 0.3) is 5.91 Å². The summed E-state index contributed by atoms with van der Waals surface area (Å²) in [5.74, 6) is -1.63. The van der Waals surface area contributed by atoms with E-state index < -0.39 is 22.8 Å². The molecule has 0 radical (unpaired) electrons. The summed E-state index contributed by atoms with van der Waals surface area (Å²) in [5, 5.41) is 11.4. The number of nitrogens with zero attached hydrogens (tertiary/aromatic N) is 1. The molecule has 0 aromatic heterocycles. The SMILES string of the molecule is CC(NC(=O)C12CCC(=O)N1c1ccccc1S2)C(=O)O. The molecule has 2 unspecified atom stereocenters. The van der Waals surface area contributed by atoms with Crippen molar-refractivity contribution < 1.29 is 19.5 Å². The summed E-state index contributed by atoms with van der Waals surface area (Å²) in [6, 6.07) is 6.35. The number of carbonyl (C=O) groups excluding carboxylic acids is 2. The van der Waals surface area contributed by atoms with Crippen molar-refractivity contribution in [3.05, 3.63) is 24.3 Å². The molecule has 2 atom stereocenters. The summed E-state index contributed by atoms with van der Waals surface area (Å²) < 4.78 is 0. The third-order valence-corrected chi connectivity index (χ3v) is 5.22. The van der Waals surface area contributed by atoms with Crippen LogP contribution in [0.1, 0.15) is 19.8 Å². The molecule has 1 aromatic carbocycles. The molecule has 110 valence electrons. The summed E-state index contributed by atoms with van der Waals surface area (Å²) in [5.41, 5.74) is 0.725. The minimum atomic E-state index is -1.10. The van der Waals surface area contributed by atoms with Crippen LogP contribution in [0.25, 0.3) is 0 Å². The minimum absolute atomic E-state index is 0.106. The summed E-state index contributed by atoms with van der Waals surface area (Å²) in [6.07, 6.45) is 0.666. The first-order valence-electron chi connectivity index (χ1n) is 6.60. The monoisotopic (exact) mass is 306 g/mol. The first kappa shape index (κ1) is 13.9. The Morgan fingerprint density at radius 2 is 2.14 bits per heavy atom. The van der Waals surface area contributed by atoms with Crippen LogP contribution < -0.4 is 10.2 Å². The Kier molecular flexibility index (Phi) is 3.16. The molecule has 1 fully saturated rings. The van der Waals surface area contributed by atoms with E-state index in [1.54, 1.807) is 6.07 Å². The molecular weight excluding hydrogens is 292 g/mol. The van der Waals surface area contributed by atoms with Gasteiger partial charge in [-0.1, -0.05) is 23.9 Å². The van der Waals surface area contributed by atoms with Crippen molar-refractivity contribution in [1.82, 2.24) is 5.32 Å². The number of nitrogens with one attached hydrogen (secondary N) is 1. The standard InChI is InChI=1S/C14H14N2O4S/c1-8(12(18)19)15-13(20)14-7-6-11(17)16(14)9-4-2-3-5-10(9)21-14/h2-5,8H,6-7H2,1H3,(H,15,20)(H,18,19). The van der Waals surface area contributed by atoms with Crippen molar-refractivity contribution in [1.29, 1.82) is 0 Å². The number of anilines is 1. The Hall–Kier alpha value is -2.02. The number of carboxylic acids is 1. The van der Waals surface area contributed by atoms with Crippen LogP contribution in [0.5, 0.6) is 0 Å². The summed E-state index contributed by atoms with van der Waals surface area (Å²) in [7, 11) is 0. The van der Waals surface area contributed by atoms with Crippen LogP contribution in [0.15, 0.2) is 29.2 Å². The maximum absolute atomic E-state index is 12.6. The number of fused-ring (bicyclic) bond motifs is 3. The van der Waals surface area contributed by atoms with Gasteiger partial charge in [0.1, 0.15) is 6.04 Å². The molecule has 0 aliphatic carbocycles. The Bertz CT molecular complexity index is 648. The maximum atomic E-state index is 12.6. The molecule has 3 rings (SSSR count). The van der Waals surface area contributed by atoms with E-state index in [0.717, 1.165) is 10.6 Å². The quantitative estimate of drug-likeness (QED) is 0.876. The number of carbonyl (C=O) groups is 3. The second-order valence-electron chi connectivity index (χ2n) is 5.12. The van der Waals surface area contributed by atoms with E-state index in [2.05, 4.69) is 5.32 Å². The number of thioether (sulfide) groups is 1. The minimum Gasteiger partial charge on any atom is -0.480 e. The van der Waals surface area contributed by atoms with Crippen LogP contribution >= 0.6 is 11.8 Å². The first-order chi connectivity index (χ1) is 9.95. The lowest BCUT2D eigenvalue weighted by atomic mass is 10.1. The van der Waals surface area contributed by atoms with Crippen molar-refractivity contribution >= 4 is 35.2 Å². The van der Waals surface area contributed by atoms with Crippen molar-refractivity contribution in [2.75, 3.05) is 4.90 Å². The van der Waals surface area contributed by atoms with E-state index in [0.29, 0.717) is 6.42 Å². The van der Waals surface area contributed by atoms with Crippen LogP contribution in [0.2, 0.25) is 0 Å². The molecule has 2 amide bonds. The van der Waals surface area contributed by atoms with Gasteiger partial charge >= 0.3 is 5.97 Å². The Labute approximate surface area is 125 Å². The lowest BCUT2D eigenvalue weighted by molar-refractivity contribution is -0.141. The van der Waals surface area contributed by atoms with Crippen LogP contribution in [0.4, 0.5) is 5.69 Å². The van der Waals surface area contributed by atoms with Gasteiger partial charge < -0.3 is 10.4 Å². The number of para-hydroxylation sites is 1. The normalized spacial score (nSPS) is 24.4. The van der Waals surface area contributed by atoms with Gasteiger partial charge in [-0.2, -0.15) is 0 Å². The first-order valence-corrected chi connectivity index (χ1v) is 7.42. The highest BCUT2D eigenvalue weighted by molar-refractivity contribution is 8.02. The van der Waals surface area contributed by atoms with Gasteiger partial charge in [-0.15, -0.1) is 0 Å². The number of amides is 2. The van der Waals surface area contributed by atoms with Crippen LogP contribution in [-0.2, 0) is 14.4 Å². The van der Waals surface area contributed by atoms with Gasteiger partial charge in [0.2, 0.25) is 5.91 Å². The number of hydrogen-bond donors (Lipinski definition) is 2. The molecule has 1 saturated heterocycles. The van der Waals surface area contributed by atoms with Gasteiger partial charge in [0.05, 0.1) is 5.69 Å². The number of aliphatic carboxylic acids is 1. The Morgan fingerprint density at radius 3 is 2.86 bits per heavy atom. The number of carboxylic acid groups (broad SMARTS) is 1. The molecule has 21 heavy (non-hydrogen) atoms. The van der Waals surface area contributed by atoms with E-state index in [4.69, 9.17) is 5.11 Å². The molecule has 2 N–H and O–H groups in total. The van der Waals surface area contributed by atoms with E-state index >= 15 is 0 Å². The van der Waals surface area contributed by atoms with Gasteiger partial charge in [-0.25, -0.2) is 0 Å². The molecule has 2 aliphatic heterocycles. The lowest BCUT2D eigenvalue weighted by Gasteiger charge is -2.30. The fourth-order valence-electron chi connectivity index (χ4n) is 2.67. The van der Waals surface area contributed by atoms with Gasteiger partial charge in [0.15, 0.2) is 4.87 Å². The van der Waals surface area contributed by atoms with Crippen molar-refractivity contribution in [3.63, 3.8) is 0 Å². The van der Waals surface area contributed by atoms with E-state index in [9.17, 15) is 14.4 Å². The predicted octanol–water partition coefficient (Wildman–Crippen LogP) is 1.20. The van der Waals surface area contributed by atoms with E-state index in [1.807, 2.05) is 18.2 Å². The smallest absolute Gasteiger partial charge is 0.325 e. The summed E-state index contributed by atoms with van der Waals surface area (Å²) in [6.45, 7) is 1.41. The average Bonchev–Trinajstić information content (AvgIpc) is 2.95. The molecule has 0 saturated carbocycles. The van der Waals surface area contributed by atoms with Crippen molar-refractivity contribution in [3.8, 4) is 0 Å². The molecule has 2 aliphatic rings. The largest absolute Gasteiger partial charge is 0.480 e. The van der Waals surface area contributed by atoms with Crippen LogP contribution in [-0.4, -0.2) is 33.8 Å². The van der Waals surface area contributed by atoms with Crippen LogP contribution in [0, 0.1) is 0 Å². The van der Waals surface area contributed by atoms with Crippen molar-refractivity contribution in [2.45, 2.75) is 35.6 Å². The van der Waals surface area contributed by atoms with E-state index in [-0.39, 0.29) is 12.3 Å². The summed E-state index contributed by atoms with van der Waals surface area (Å²) >= 11 is 1.32. The molecule has 0 spiro atoms. The zero-order chi connectivity index (χ0) is 15.2. The summed E-state index contributed by atoms with van der Waals surface area (Å²) in [4.78, 5) is 37.0. The van der Waals surface area contributed by atoms with Crippen LogP contribution in [0.3, 0.4) is 0 Å². The second-order valence-corrected chi connectivity index (χ2v) is 6.44. The molecular formula is C14H14N2O4S. The van der Waals surface area contributed by atoms with Crippen molar-refractivity contribution in [2.24, 2.45) is 0 Å². The molecule has 2 heterocycles. The average molecular weight is 306 g/mol. The molecule has 6 nitrogen and oxygen atoms in total. The van der Waals surface area contributed by atoms with Gasteiger partial charge in [-0.05, 0) is 25.5 Å². The maximum Gasteiger partial charge on any atom is 0.325 e. The number of hydrogen-bond acceptors (Lipinski definition) is 4. The molecule has 0 bridgehead atoms. The van der Waals surface area contributed by atoms with Gasteiger partial charge in [0, 0.05) is 11.3 Å². The van der Waals surface area contributed by atoms with Gasteiger partial charge in [-0.3, -0.25) is 19.3 Å². The highest BCUT2D eigenvalue weighted by Gasteiger charge is 2.57. The third kappa shape index (κ3) is 1.99.